The third-order valence-corrected chi connectivity index (χ3v) is 6.06. The van der Waals surface area contributed by atoms with Gasteiger partial charge >= 0.3 is 17.9 Å². The largest absolute Gasteiger partial charge is 0.481 e. The molecule has 25 heavy (non-hydrogen) atoms. The first-order valence-corrected chi connectivity index (χ1v) is 7.83. The summed E-state index contributed by atoms with van der Waals surface area (Å²) in [5.74, 6) is -11.0. The first-order chi connectivity index (χ1) is 11.6. The van der Waals surface area contributed by atoms with E-state index in [0.29, 0.717) is 19.3 Å². The molecule has 1 heterocycles. The van der Waals surface area contributed by atoms with Gasteiger partial charge in [-0.2, -0.15) is 0 Å². The highest BCUT2D eigenvalue weighted by molar-refractivity contribution is 6.23. The van der Waals surface area contributed by atoms with Crippen LogP contribution in [-0.4, -0.2) is 55.7 Å². The van der Waals surface area contributed by atoms with Gasteiger partial charge in [0.2, 0.25) is 11.8 Å². The van der Waals surface area contributed by atoms with Crippen LogP contribution in [0.3, 0.4) is 0 Å². The first kappa shape index (κ1) is 17.3. The van der Waals surface area contributed by atoms with Crippen LogP contribution in [0.1, 0.15) is 25.7 Å². The molecule has 5 atom stereocenters. The average Bonchev–Trinajstić information content (AvgIpc) is 3.06. The smallest absolute Gasteiger partial charge is 0.337 e. The summed E-state index contributed by atoms with van der Waals surface area (Å²) in [5, 5.41) is 40.5. The lowest BCUT2D eigenvalue weighted by Gasteiger charge is -2.50. The number of carboxylic acid groups (broad SMARTS) is 3. The number of carbonyl (C=O) groups is 5. The molecule has 3 rings (SSSR count). The van der Waals surface area contributed by atoms with Gasteiger partial charge in [0.15, 0.2) is 5.60 Å². The number of carbonyl (C=O) groups excluding carboxylic acids is 2. The highest BCUT2D eigenvalue weighted by atomic mass is 16.4. The van der Waals surface area contributed by atoms with E-state index in [4.69, 9.17) is 5.11 Å². The Bertz CT molecular complexity index is 687. The van der Waals surface area contributed by atoms with Gasteiger partial charge in [0, 0.05) is 5.92 Å². The van der Waals surface area contributed by atoms with Crippen molar-refractivity contribution in [3.05, 3.63) is 0 Å². The Balaban J connectivity index is 2.13. The third-order valence-electron chi connectivity index (χ3n) is 6.06. The monoisotopic (exact) mass is 355 g/mol. The molecule has 3 fully saturated rings. The molecule has 5 N–H and O–H groups in total. The molecule has 1 spiro atoms. The molecule has 2 bridgehead atoms. The van der Waals surface area contributed by atoms with Crippen molar-refractivity contribution in [1.82, 2.24) is 5.32 Å². The maximum Gasteiger partial charge on any atom is 0.337 e. The maximum absolute atomic E-state index is 12.2. The summed E-state index contributed by atoms with van der Waals surface area (Å²) >= 11 is 0. The van der Waals surface area contributed by atoms with Gasteiger partial charge in [-0.05, 0) is 31.1 Å². The molecule has 0 aromatic carbocycles. The molecule has 0 radical (unpaired) electrons. The van der Waals surface area contributed by atoms with E-state index in [9.17, 15) is 39.3 Å². The van der Waals surface area contributed by atoms with Crippen molar-refractivity contribution in [1.29, 1.82) is 0 Å². The average molecular weight is 355 g/mol. The molecule has 1 aliphatic heterocycles. The molecular formula is C15H17NO9. The molecule has 136 valence electrons. The number of carboxylic acids is 3. The predicted octanol–water partition coefficient (Wildman–Crippen LogP) is -1.33. The third kappa shape index (κ3) is 2.03. The van der Waals surface area contributed by atoms with Gasteiger partial charge in [-0.1, -0.05) is 0 Å². The summed E-state index contributed by atoms with van der Waals surface area (Å²) in [5.41, 5.74) is -4.82. The molecule has 5 unspecified atom stereocenters. The van der Waals surface area contributed by atoms with Crippen LogP contribution in [0.15, 0.2) is 0 Å². The Morgan fingerprint density at radius 2 is 1.76 bits per heavy atom. The van der Waals surface area contributed by atoms with Gasteiger partial charge in [0.25, 0.3) is 0 Å². The minimum Gasteiger partial charge on any atom is -0.481 e. The van der Waals surface area contributed by atoms with E-state index in [1.807, 2.05) is 0 Å². The van der Waals surface area contributed by atoms with E-state index >= 15 is 0 Å². The van der Waals surface area contributed by atoms with E-state index < -0.39 is 70.8 Å². The number of imide groups is 1. The van der Waals surface area contributed by atoms with Crippen LogP contribution in [0.5, 0.6) is 0 Å². The highest BCUT2D eigenvalue weighted by Crippen LogP contribution is 2.65. The number of hydrogen-bond donors (Lipinski definition) is 5. The van der Waals surface area contributed by atoms with Crippen molar-refractivity contribution in [3.63, 3.8) is 0 Å². The number of aliphatic carboxylic acids is 3. The summed E-state index contributed by atoms with van der Waals surface area (Å²) in [4.78, 5) is 59.0. The minimum absolute atomic E-state index is 0.371. The zero-order valence-corrected chi connectivity index (χ0v) is 13.0. The number of β-lactam (4-membered cyclic amide) rings is 2. The van der Waals surface area contributed by atoms with Crippen LogP contribution in [0.25, 0.3) is 0 Å². The molecule has 3 aliphatic rings. The SMILES string of the molecule is O=C(O)CC(O)(C(=O)O)C(C(=O)O)C1C2CCC(C2)C12C(=O)NC2=O. The van der Waals surface area contributed by atoms with E-state index in [2.05, 4.69) is 5.32 Å². The van der Waals surface area contributed by atoms with E-state index in [1.54, 1.807) is 0 Å². The molecule has 2 saturated carbocycles. The quantitative estimate of drug-likeness (QED) is 0.285. The van der Waals surface area contributed by atoms with Crippen molar-refractivity contribution < 1.29 is 44.4 Å². The van der Waals surface area contributed by atoms with Crippen molar-refractivity contribution >= 4 is 29.7 Å². The molecule has 0 aromatic rings. The van der Waals surface area contributed by atoms with E-state index in [0.717, 1.165) is 0 Å². The second-order valence-electron chi connectivity index (χ2n) is 7.06. The molecule has 10 heteroatoms. The Hall–Kier alpha value is -2.49. The summed E-state index contributed by atoms with van der Waals surface area (Å²) in [6, 6.07) is 0. The molecule has 0 aromatic heterocycles. The van der Waals surface area contributed by atoms with Crippen LogP contribution in [0.2, 0.25) is 0 Å². The zero-order valence-electron chi connectivity index (χ0n) is 13.0. The van der Waals surface area contributed by atoms with Gasteiger partial charge in [-0.15, -0.1) is 0 Å². The van der Waals surface area contributed by atoms with Gasteiger partial charge in [-0.3, -0.25) is 24.5 Å². The predicted molar refractivity (Wildman–Crippen MR) is 75.9 cm³/mol. The number of fused-ring (bicyclic) bond motifs is 3. The Morgan fingerprint density at radius 3 is 2.20 bits per heavy atom. The second kappa shape index (κ2) is 5.25. The molecule has 2 aliphatic carbocycles. The van der Waals surface area contributed by atoms with Crippen LogP contribution in [0, 0.1) is 29.1 Å². The number of nitrogens with one attached hydrogen (secondary N) is 1. The van der Waals surface area contributed by atoms with Crippen molar-refractivity contribution in [2.24, 2.45) is 29.1 Å². The van der Waals surface area contributed by atoms with Gasteiger partial charge in [-0.25, -0.2) is 4.79 Å². The maximum atomic E-state index is 12.2. The topological polar surface area (TPSA) is 178 Å². The fourth-order valence-electron chi connectivity index (χ4n) is 5.16. The van der Waals surface area contributed by atoms with E-state index in [1.165, 1.54) is 0 Å². The number of aliphatic hydroxyl groups is 1. The normalized spacial score (nSPS) is 32.6. The van der Waals surface area contributed by atoms with Crippen LogP contribution in [-0.2, 0) is 24.0 Å². The zero-order chi connectivity index (χ0) is 18.7. The lowest BCUT2D eigenvalue weighted by molar-refractivity contribution is -0.194. The second-order valence-corrected chi connectivity index (χ2v) is 7.06. The first-order valence-electron chi connectivity index (χ1n) is 7.83. The van der Waals surface area contributed by atoms with Crippen molar-refractivity contribution in [2.45, 2.75) is 31.3 Å². The van der Waals surface area contributed by atoms with Crippen molar-refractivity contribution in [3.8, 4) is 0 Å². The lowest BCUT2D eigenvalue weighted by Crippen LogP contribution is -2.72. The van der Waals surface area contributed by atoms with Crippen LogP contribution in [0.4, 0.5) is 0 Å². The Labute approximate surface area is 140 Å². The Morgan fingerprint density at radius 1 is 1.16 bits per heavy atom. The molecule has 10 nitrogen and oxygen atoms in total. The summed E-state index contributed by atoms with van der Waals surface area (Å²) in [6.07, 6.45) is 0.0384. The standard InChI is InChI=1S/C15H17NO9/c17-7(18)4-14(25,13(23)24)9(10(19)20)8-5-1-2-6(3-5)15(8)11(21)16-12(15)22/h5-6,8-9,25H,1-4H2,(H,17,18)(H,19,20)(H,23,24)(H,16,21,22). The van der Waals surface area contributed by atoms with Crippen LogP contribution < -0.4 is 5.32 Å². The fraction of sp³-hybridized carbons (Fsp3) is 0.667. The Kier molecular flexibility index (Phi) is 3.64. The molecular weight excluding hydrogens is 338 g/mol. The van der Waals surface area contributed by atoms with Crippen LogP contribution >= 0.6 is 0 Å². The molecule has 2 amide bonds. The number of rotatable bonds is 6. The summed E-state index contributed by atoms with van der Waals surface area (Å²) < 4.78 is 0. The van der Waals surface area contributed by atoms with E-state index in [-0.39, 0.29) is 0 Å². The van der Waals surface area contributed by atoms with Gasteiger partial charge in [0.1, 0.15) is 11.3 Å². The highest BCUT2D eigenvalue weighted by Gasteiger charge is 2.76. The number of amides is 2. The fourth-order valence-corrected chi connectivity index (χ4v) is 5.16. The van der Waals surface area contributed by atoms with Crippen molar-refractivity contribution in [2.75, 3.05) is 0 Å². The van der Waals surface area contributed by atoms with Gasteiger partial charge < -0.3 is 20.4 Å². The molecule has 1 saturated heterocycles. The summed E-state index contributed by atoms with van der Waals surface area (Å²) in [6.45, 7) is 0. The lowest BCUT2D eigenvalue weighted by atomic mass is 9.54. The van der Waals surface area contributed by atoms with Gasteiger partial charge in [0.05, 0.1) is 6.42 Å². The number of hydrogen-bond acceptors (Lipinski definition) is 6. The summed E-state index contributed by atoms with van der Waals surface area (Å²) in [7, 11) is 0. The minimum atomic E-state index is -3.13.